The lowest BCUT2D eigenvalue weighted by atomic mass is 10.1. The fourth-order valence-corrected chi connectivity index (χ4v) is 2.46. The van der Waals surface area contributed by atoms with Crippen molar-refractivity contribution in [3.05, 3.63) is 46.4 Å². The maximum Gasteiger partial charge on any atom is 0.340 e. The van der Waals surface area contributed by atoms with Crippen LogP contribution in [0.5, 0.6) is 5.88 Å². The highest BCUT2D eigenvalue weighted by Crippen LogP contribution is 2.19. The van der Waals surface area contributed by atoms with Gasteiger partial charge in [-0.1, -0.05) is 6.07 Å². The molecule has 2 rings (SSSR count). The van der Waals surface area contributed by atoms with E-state index in [1.54, 1.807) is 47.1 Å². The summed E-state index contributed by atoms with van der Waals surface area (Å²) in [7, 11) is 1.54. The average molecular weight is 345 g/mol. The molecule has 0 bridgehead atoms. The summed E-state index contributed by atoms with van der Waals surface area (Å²) in [6.45, 7) is 7.36. The average Bonchev–Trinajstić information content (AvgIpc) is 2.87. The normalized spacial score (nSPS) is 10.6. The van der Waals surface area contributed by atoms with Crippen LogP contribution in [-0.2, 0) is 11.3 Å². The Balaban J connectivity index is 2.10. The summed E-state index contributed by atoms with van der Waals surface area (Å²) in [6, 6.07) is 3.55. The Morgan fingerprint density at radius 1 is 1.28 bits per heavy atom. The summed E-state index contributed by atoms with van der Waals surface area (Å²) in [4.78, 5) is 31.7. The summed E-state index contributed by atoms with van der Waals surface area (Å²) in [5, 5.41) is 2.81. The fraction of sp³-hybridized carbons (Fsp3) is 0.389. The van der Waals surface area contributed by atoms with Crippen molar-refractivity contribution in [2.45, 2.75) is 40.3 Å². The zero-order valence-electron chi connectivity index (χ0n) is 15.1. The molecule has 7 nitrogen and oxygen atoms in total. The van der Waals surface area contributed by atoms with Crippen LogP contribution in [0.3, 0.4) is 0 Å². The molecule has 0 aliphatic heterocycles. The Morgan fingerprint density at radius 2 is 2.00 bits per heavy atom. The molecule has 0 aliphatic carbocycles. The molecule has 2 aromatic rings. The number of hydrogen-bond donors (Lipinski definition) is 2. The minimum absolute atomic E-state index is 0.221. The molecule has 134 valence electrons. The first-order chi connectivity index (χ1) is 11.8. The van der Waals surface area contributed by atoms with Gasteiger partial charge in [0.15, 0.2) is 0 Å². The summed E-state index contributed by atoms with van der Waals surface area (Å²) in [5.41, 5.74) is 2.79. The lowest BCUT2D eigenvalue weighted by Gasteiger charge is -2.08. The number of aryl methyl sites for hydroxylation is 1. The van der Waals surface area contributed by atoms with Crippen LogP contribution < -0.4 is 10.1 Å². The zero-order valence-corrected chi connectivity index (χ0v) is 15.1. The fourth-order valence-electron chi connectivity index (χ4n) is 2.46. The molecule has 1 amide bonds. The Labute approximate surface area is 146 Å². The molecule has 7 heteroatoms. The number of carbonyl (C=O) groups is 2. The molecule has 25 heavy (non-hydrogen) atoms. The number of aromatic amines is 1. The van der Waals surface area contributed by atoms with E-state index in [2.05, 4.69) is 15.3 Å². The van der Waals surface area contributed by atoms with Crippen LogP contribution in [0.25, 0.3) is 0 Å². The Hall–Kier alpha value is -2.83. The van der Waals surface area contributed by atoms with Gasteiger partial charge in [0.2, 0.25) is 5.88 Å². The van der Waals surface area contributed by atoms with Crippen LogP contribution in [0.4, 0.5) is 0 Å². The third-order valence-corrected chi connectivity index (χ3v) is 3.67. The largest absolute Gasteiger partial charge is 0.481 e. The highest BCUT2D eigenvalue weighted by atomic mass is 16.5. The molecule has 0 atom stereocenters. The topological polar surface area (TPSA) is 93.3 Å². The first kappa shape index (κ1) is 18.5. The minimum atomic E-state index is -0.431. The van der Waals surface area contributed by atoms with Gasteiger partial charge in [-0.25, -0.2) is 9.78 Å². The van der Waals surface area contributed by atoms with Crippen LogP contribution in [0.1, 0.15) is 51.5 Å². The monoisotopic (exact) mass is 345 g/mol. The molecule has 0 saturated carbocycles. The highest BCUT2D eigenvalue weighted by Gasteiger charge is 2.23. The third-order valence-electron chi connectivity index (χ3n) is 3.67. The number of methoxy groups -OCH3 is 1. The molecule has 0 radical (unpaired) electrons. The molecule has 2 N–H and O–H groups in total. The molecular weight excluding hydrogens is 322 g/mol. The van der Waals surface area contributed by atoms with Gasteiger partial charge in [0, 0.05) is 24.5 Å². The van der Waals surface area contributed by atoms with E-state index in [1.165, 1.54) is 0 Å². The Kier molecular flexibility index (Phi) is 5.80. The zero-order chi connectivity index (χ0) is 18.6. The number of aromatic nitrogens is 2. The maximum absolute atomic E-state index is 12.4. The van der Waals surface area contributed by atoms with Crippen molar-refractivity contribution < 1.29 is 19.1 Å². The van der Waals surface area contributed by atoms with E-state index >= 15 is 0 Å². The lowest BCUT2D eigenvalue weighted by Crippen LogP contribution is -2.24. The van der Waals surface area contributed by atoms with E-state index in [1.807, 2.05) is 6.07 Å². The molecule has 0 saturated heterocycles. The van der Waals surface area contributed by atoms with E-state index in [0.29, 0.717) is 34.9 Å². The second-order valence-electron chi connectivity index (χ2n) is 5.97. The summed E-state index contributed by atoms with van der Waals surface area (Å²) < 4.78 is 10.2. The van der Waals surface area contributed by atoms with E-state index in [0.717, 1.165) is 5.56 Å². The first-order valence-electron chi connectivity index (χ1n) is 8.00. The van der Waals surface area contributed by atoms with Crippen LogP contribution in [0, 0.1) is 13.8 Å². The van der Waals surface area contributed by atoms with Crippen LogP contribution >= 0.6 is 0 Å². The van der Waals surface area contributed by atoms with Crippen molar-refractivity contribution >= 4 is 11.9 Å². The van der Waals surface area contributed by atoms with Gasteiger partial charge >= 0.3 is 5.97 Å². The number of esters is 1. The lowest BCUT2D eigenvalue weighted by molar-refractivity contribution is 0.0376. The second kappa shape index (κ2) is 7.83. The number of rotatable bonds is 6. The number of H-pyrrole nitrogens is 1. The van der Waals surface area contributed by atoms with Gasteiger partial charge in [-0.15, -0.1) is 0 Å². The molecule has 0 aliphatic rings. The molecule has 2 heterocycles. The molecule has 0 aromatic carbocycles. The van der Waals surface area contributed by atoms with Gasteiger partial charge < -0.3 is 19.8 Å². The quantitative estimate of drug-likeness (QED) is 0.785. The SMILES string of the molecule is COc1ccc(CNC(=O)c2[nH]c(C)c(C(=O)OC(C)C)c2C)cn1. The maximum atomic E-state index is 12.4. The van der Waals surface area contributed by atoms with Crippen molar-refractivity contribution in [3.8, 4) is 5.88 Å². The van der Waals surface area contributed by atoms with Gasteiger partial charge in [0.05, 0.1) is 18.8 Å². The predicted octanol–water partition coefficient (Wildman–Crippen LogP) is 2.53. The Bertz CT molecular complexity index is 763. The van der Waals surface area contributed by atoms with Crippen molar-refractivity contribution in [3.63, 3.8) is 0 Å². The molecule has 2 aromatic heterocycles. The molecule has 0 unspecified atom stereocenters. The van der Waals surface area contributed by atoms with Crippen LogP contribution in [-0.4, -0.2) is 35.1 Å². The third kappa shape index (κ3) is 4.37. The number of pyridine rings is 1. The standard InChI is InChI=1S/C18H23N3O4/c1-10(2)25-18(23)15-11(3)16(21-12(15)4)17(22)20-9-13-6-7-14(24-5)19-8-13/h6-8,10,21H,9H2,1-5H3,(H,20,22). The van der Waals surface area contributed by atoms with Crippen molar-refractivity contribution in [2.75, 3.05) is 7.11 Å². The van der Waals surface area contributed by atoms with E-state index < -0.39 is 5.97 Å². The number of carbonyl (C=O) groups excluding carboxylic acids is 2. The summed E-state index contributed by atoms with van der Waals surface area (Å²) in [5.74, 6) is -0.209. The number of amides is 1. The van der Waals surface area contributed by atoms with Gasteiger partial charge in [-0.05, 0) is 38.8 Å². The highest BCUT2D eigenvalue weighted by molar-refractivity contribution is 6.00. The van der Waals surface area contributed by atoms with Gasteiger partial charge in [0.25, 0.3) is 5.91 Å². The minimum Gasteiger partial charge on any atom is -0.481 e. The number of hydrogen-bond acceptors (Lipinski definition) is 5. The Morgan fingerprint density at radius 3 is 2.56 bits per heavy atom. The summed E-state index contributed by atoms with van der Waals surface area (Å²) >= 11 is 0. The van der Waals surface area contributed by atoms with Gasteiger partial charge in [-0.2, -0.15) is 0 Å². The smallest absolute Gasteiger partial charge is 0.340 e. The van der Waals surface area contributed by atoms with Crippen molar-refractivity contribution in [1.29, 1.82) is 0 Å². The van der Waals surface area contributed by atoms with E-state index in [4.69, 9.17) is 9.47 Å². The van der Waals surface area contributed by atoms with E-state index in [9.17, 15) is 9.59 Å². The number of nitrogens with one attached hydrogen (secondary N) is 2. The van der Waals surface area contributed by atoms with Gasteiger partial charge in [-0.3, -0.25) is 4.79 Å². The number of nitrogens with zero attached hydrogens (tertiary/aromatic N) is 1. The molecule has 0 spiro atoms. The molecular formula is C18H23N3O4. The molecule has 0 fully saturated rings. The van der Waals surface area contributed by atoms with E-state index in [-0.39, 0.29) is 12.0 Å². The predicted molar refractivity (Wildman–Crippen MR) is 92.8 cm³/mol. The summed E-state index contributed by atoms with van der Waals surface area (Å²) in [6.07, 6.45) is 1.42. The first-order valence-corrected chi connectivity index (χ1v) is 8.00. The van der Waals surface area contributed by atoms with Crippen LogP contribution in [0.15, 0.2) is 18.3 Å². The second-order valence-corrected chi connectivity index (χ2v) is 5.97. The van der Waals surface area contributed by atoms with Gasteiger partial charge in [0.1, 0.15) is 5.69 Å². The van der Waals surface area contributed by atoms with Crippen LogP contribution in [0.2, 0.25) is 0 Å². The number of ether oxygens (including phenoxy) is 2. The van der Waals surface area contributed by atoms with Crippen molar-refractivity contribution in [1.82, 2.24) is 15.3 Å². The van der Waals surface area contributed by atoms with Crippen molar-refractivity contribution in [2.24, 2.45) is 0 Å².